The zero-order valence-electron chi connectivity index (χ0n) is 20.2. The van der Waals surface area contributed by atoms with E-state index in [0.29, 0.717) is 40.7 Å². The molecule has 0 amide bonds. The van der Waals surface area contributed by atoms with E-state index in [1.54, 1.807) is 13.3 Å². The minimum absolute atomic E-state index is 0.196. The van der Waals surface area contributed by atoms with Crippen LogP contribution >= 0.6 is 40.0 Å². The number of rotatable bonds is 4. The van der Waals surface area contributed by atoms with Gasteiger partial charge in [-0.25, -0.2) is 18.8 Å². The lowest BCUT2D eigenvalue weighted by molar-refractivity contribution is 0.275. The number of fused-ring (bicyclic) bond motifs is 3. The third-order valence-electron chi connectivity index (χ3n) is 7.79. The molecule has 1 saturated heterocycles. The summed E-state index contributed by atoms with van der Waals surface area (Å²) in [6.07, 6.45) is 8.66. The van der Waals surface area contributed by atoms with Crippen molar-refractivity contribution in [2.24, 2.45) is 0 Å². The van der Waals surface area contributed by atoms with Gasteiger partial charge in [-0.1, -0.05) is 24.4 Å². The van der Waals surface area contributed by atoms with Crippen molar-refractivity contribution in [1.29, 1.82) is 0 Å². The average Bonchev–Trinajstić information content (AvgIpc) is 3.71. The summed E-state index contributed by atoms with van der Waals surface area (Å²) < 4.78 is 30.5. The van der Waals surface area contributed by atoms with Gasteiger partial charge in [-0.3, -0.25) is 0 Å². The molecule has 0 N–H and O–H groups in total. The summed E-state index contributed by atoms with van der Waals surface area (Å²) in [6.45, 7) is 1.38. The predicted octanol–water partition coefficient (Wildman–Crippen LogP) is 7.26. The number of halogens is 3. The third kappa shape index (κ3) is 3.87. The van der Waals surface area contributed by atoms with Crippen LogP contribution in [-0.2, 0) is 0 Å². The number of anilines is 1. The lowest BCUT2D eigenvalue weighted by atomic mass is 9.95. The van der Waals surface area contributed by atoms with Crippen LogP contribution < -0.4 is 14.4 Å². The Balaban J connectivity index is 1.55. The fourth-order valence-electron chi connectivity index (χ4n) is 5.89. The van der Waals surface area contributed by atoms with E-state index < -0.39 is 5.82 Å². The van der Waals surface area contributed by atoms with Crippen molar-refractivity contribution < 1.29 is 13.9 Å². The van der Waals surface area contributed by atoms with E-state index in [-0.39, 0.29) is 23.2 Å². The largest absolute Gasteiger partial charge is 0.481 e. The molecule has 0 spiro atoms. The van der Waals surface area contributed by atoms with E-state index in [4.69, 9.17) is 26.1 Å². The van der Waals surface area contributed by atoms with Crippen LogP contribution in [0.25, 0.3) is 33.1 Å². The van der Waals surface area contributed by atoms with E-state index in [2.05, 4.69) is 37.0 Å². The molecular formula is C26H25ClFIN5O2P. The minimum Gasteiger partial charge on any atom is -0.481 e. The van der Waals surface area contributed by atoms with Gasteiger partial charge in [-0.2, -0.15) is 5.10 Å². The van der Waals surface area contributed by atoms with Crippen LogP contribution in [0.1, 0.15) is 50.0 Å². The minimum atomic E-state index is -0.481. The van der Waals surface area contributed by atoms with Gasteiger partial charge >= 0.3 is 0 Å². The Hall–Kier alpha value is -1.97. The highest BCUT2D eigenvalue weighted by Crippen LogP contribution is 2.52. The molecule has 37 heavy (non-hydrogen) atoms. The van der Waals surface area contributed by atoms with Crippen LogP contribution in [0.2, 0.25) is 5.02 Å². The zero-order chi connectivity index (χ0) is 25.3. The van der Waals surface area contributed by atoms with Crippen molar-refractivity contribution in [3.05, 3.63) is 34.7 Å². The molecule has 0 bridgehead atoms. The molecule has 2 aliphatic heterocycles. The van der Waals surface area contributed by atoms with Gasteiger partial charge in [0.25, 0.3) is 0 Å². The van der Waals surface area contributed by atoms with Crippen molar-refractivity contribution in [3.63, 3.8) is 0 Å². The Morgan fingerprint density at radius 1 is 1.19 bits per heavy atom. The summed E-state index contributed by atoms with van der Waals surface area (Å²) in [5.74, 6) is 0.598. The summed E-state index contributed by atoms with van der Waals surface area (Å²) >= 11 is 9.16. The maximum absolute atomic E-state index is 16.7. The van der Waals surface area contributed by atoms with Crippen molar-refractivity contribution >= 4 is 67.5 Å². The van der Waals surface area contributed by atoms with E-state index in [9.17, 15) is 0 Å². The molecule has 7 rings (SSSR count). The van der Waals surface area contributed by atoms with Gasteiger partial charge in [0.15, 0.2) is 5.82 Å². The SMILES string of the molecule is COc1cc2c3c(nc(-c4c(C5CC5)c(Cl)cc5c4cnn5PI)c(F)c3n1)OCC1CCCCCN21. The monoisotopic (exact) mass is 651 g/mol. The van der Waals surface area contributed by atoms with Crippen molar-refractivity contribution in [2.45, 2.75) is 50.5 Å². The fraction of sp³-hybridized carbons (Fsp3) is 0.423. The molecule has 0 radical (unpaired) electrons. The first-order valence-electron chi connectivity index (χ1n) is 12.6. The van der Waals surface area contributed by atoms with Crippen LogP contribution in [0.4, 0.5) is 10.1 Å². The van der Waals surface area contributed by atoms with Crippen molar-refractivity contribution in [3.8, 4) is 23.0 Å². The Kier molecular flexibility index (Phi) is 6.09. The molecule has 2 atom stereocenters. The predicted molar refractivity (Wildman–Crippen MR) is 155 cm³/mol. The molecule has 4 aromatic rings. The Morgan fingerprint density at radius 3 is 2.84 bits per heavy atom. The number of aromatic nitrogens is 4. The number of nitrogens with zero attached hydrogens (tertiary/aromatic N) is 5. The first-order valence-corrected chi connectivity index (χ1v) is 17.1. The Bertz CT molecular complexity index is 1560. The molecule has 7 nitrogen and oxygen atoms in total. The van der Waals surface area contributed by atoms with Crippen LogP contribution in [0, 0.1) is 5.82 Å². The van der Waals surface area contributed by atoms with Crippen LogP contribution in [-0.4, -0.2) is 45.8 Å². The second-order valence-corrected chi connectivity index (χ2v) is 12.4. The van der Waals surface area contributed by atoms with Gasteiger partial charge in [0, 0.05) is 28.6 Å². The molecule has 3 aliphatic rings. The highest BCUT2D eigenvalue weighted by Gasteiger charge is 2.35. The number of ether oxygens (including phenoxy) is 2. The van der Waals surface area contributed by atoms with Crippen molar-refractivity contribution in [2.75, 3.05) is 25.2 Å². The molecule has 11 heteroatoms. The number of hydrogen-bond donors (Lipinski definition) is 0. The first-order chi connectivity index (χ1) is 18.1. The molecule has 1 saturated carbocycles. The topological polar surface area (TPSA) is 65.3 Å². The quantitative estimate of drug-likeness (QED) is 0.171. The smallest absolute Gasteiger partial charge is 0.225 e. The maximum Gasteiger partial charge on any atom is 0.225 e. The van der Waals surface area contributed by atoms with Gasteiger partial charge < -0.3 is 14.4 Å². The van der Waals surface area contributed by atoms with Crippen molar-refractivity contribution in [1.82, 2.24) is 19.5 Å². The highest BCUT2D eigenvalue weighted by atomic mass is 127. The third-order valence-corrected chi connectivity index (χ3v) is 9.99. The summed E-state index contributed by atoms with van der Waals surface area (Å²) in [7, 11) is 1.57. The van der Waals surface area contributed by atoms with Crippen LogP contribution in [0.3, 0.4) is 0 Å². The summed E-state index contributed by atoms with van der Waals surface area (Å²) in [4.78, 5) is 11.8. The number of pyridine rings is 2. The van der Waals surface area contributed by atoms with Crippen LogP contribution in [0.5, 0.6) is 11.8 Å². The average molecular weight is 652 g/mol. The summed E-state index contributed by atoms with van der Waals surface area (Å²) in [5.41, 5.74) is 3.84. The molecule has 3 aromatic heterocycles. The van der Waals surface area contributed by atoms with E-state index >= 15 is 4.39 Å². The fourth-order valence-corrected chi connectivity index (χ4v) is 7.77. The molecule has 2 fully saturated rings. The highest BCUT2D eigenvalue weighted by molar-refractivity contribution is 14.2. The molecule has 2 unspecified atom stereocenters. The number of hydrogen-bond acceptors (Lipinski definition) is 6. The molecule has 5 heterocycles. The molecule has 1 aliphatic carbocycles. The zero-order valence-corrected chi connectivity index (χ0v) is 24.1. The van der Waals surface area contributed by atoms with Gasteiger partial charge in [0.05, 0.1) is 42.3 Å². The Morgan fingerprint density at radius 2 is 2.05 bits per heavy atom. The normalized spacial score (nSPS) is 19.8. The summed E-state index contributed by atoms with van der Waals surface area (Å²) in [6, 6.07) is 4.05. The number of benzene rings is 1. The maximum atomic E-state index is 16.7. The van der Waals surface area contributed by atoms with E-state index in [1.165, 1.54) is 6.42 Å². The van der Waals surface area contributed by atoms with Gasteiger partial charge in [-0.15, -0.1) is 0 Å². The van der Waals surface area contributed by atoms with Crippen LogP contribution in [0.15, 0.2) is 18.3 Å². The lowest BCUT2D eigenvalue weighted by Gasteiger charge is -2.30. The van der Waals surface area contributed by atoms with Gasteiger partial charge in [0.2, 0.25) is 11.8 Å². The van der Waals surface area contributed by atoms with E-state index in [0.717, 1.165) is 60.8 Å². The van der Waals surface area contributed by atoms with Gasteiger partial charge in [0.1, 0.15) is 17.8 Å². The standard InChI is InChI=1S/C26H25ClFIN5O2P/c1-35-19-10-18-22-25(31-19)23(28)24(32-26(22)36-12-14-5-3-2-4-8-33(14)18)21-15-11-30-34(37-29)17(15)9-16(27)20(21)13-6-7-13/h9-11,13-14,37H,2-8,12H2,1H3. The second-order valence-electron chi connectivity index (χ2n) is 9.99. The second kappa shape index (κ2) is 9.35. The van der Waals surface area contributed by atoms with E-state index in [1.807, 2.05) is 16.6 Å². The van der Waals surface area contributed by atoms with Gasteiger partial charge in [-0.05, 0) is 65.3 Å². The first kappa shape index (κ1) is 24.1. The lowest BCUT2D eigenvalue weighted by Crippen LogP contribution is -2.38. The molecular weight excluding hydrogens is 627 g/mol. The molecule has 1 aromatic carbocycles. The number of methoxy groups -OCH3 is 1. The Labute approximate surface area is 233 Å². The molecule has 192 valence electrons. The summed E-state index contributed by atoms with van der Waals surface area (Å²) in [5, 5.41) is 6.65.